The minimum atomic E-state index is -0.200. The fourth-order valence-electron chi connectivity index (χ4n) is 4.43. The Hall–Kier alpha value is -3.41. The lowest BCUT2D eigenvalue weighted by Crippen LogP contribution is -2.25. The number of hydrogen-bond acceptors (Lipinski definition) is 5. The van der Waals surface area contributed by atoms with Crippen molar-refractivity contribution in [3.05, 3.63) is 65.2 Å². The summed E-state index contributed by atoms with van der Waals surface area (Å²) in [6.07, 6.45) is 4.99. The van der Waals surface area contributed by atoms with E-state index in [1.54, 1.807) is 0 Å². The Balaban J connectivity index is 1.39. The summed E-state index contributed by atoms with van der Waals surface area (Å²) in [4.78, 5) is 14.8. The highest BCUT2D eigenvalue weighted by atomic mass is 16.5. The fraction of sp³-hybridized carbons (Fsp3) is 0.370. The van der Waals surface area contributed by atoms with Gasteiger partial charge in [-0.3, -0.25) is 4.79 Å². The maximum atomic E-state index is 12.5. The van der Waals surface area contributed by atoms with Crippen molar-refractivity contribution in [2.24, 2.45) is 0 Å². The maximum absolute atomic E-state index is 12.5. The van der Waals surface area contributed by atoms with E-state index in [2.05, 4.69) is 39.5 Å². The summed E-state index contributed by atoms with van der Waals surface area (Å²) in [5, 5.41) is 11.8. The zero-order valence-corrected chi connectivity index (χ0v) is 19.7. The monoisotopic (exact) mass is 444 g/mol. The van der Waals surface area contributed by atoms with Crippen molar-refractivity contribution in [2.75, 3.05) is 29.9 Å². The fourth-order valence-corrected chi connectivity index (χ4v) is 4.43. The number of ether oxygens (including phenoxy) is 1. The molecule has 0 atom stereocenters. The van der Waals surface area contributed by atoms with Gasteiger partial charge in [0.2, 0.25) is 0 Å². The van der Waals surface area contributed by atoms with Gasteiger partial charge in [0.15, 0.2) is 12.4 Å². The first kappa shape index (κ1) is 22.8. The number of anilines is 2. The van der Waals surface area contributed by atoms with Crippen molar-refractivity contribution in [1.29, 1.82) is 0 Å². The van der Waals surface area contributed by atoms with E-state index in [4.69, 9.17) is 4.74 Å². The summed E-state index contributed by atoms with van der Waals surface area (Å²) in [5.41, 5.74) is 5.65. The summed E-state index contributed by atoms with van der Waals surface area (Å²) in [5.74, 6) is 1.50. The third-order valence-corrected chi connectivity index (χ3v) is 5.97. The van der Waals surface area contributed by atoms with Crippen LogP contribution < -0.4 is 15.0 Å². The number of carbonyl (C=O) groups excluding carboxylic acids is 1. The molecule has 0 aliphatic carbocycles. The van der Waals surface area contributed by atoms with E-state index in [9.17, 15) is 4.79 Å². The van der Waals surface area contributed by atoms with Gasteiger partial charge in [0.25, 0.3) is 5.91 Å². The normalized spacial score (nSPS) is 14.0. The molecule has 1 fully saturated rings. The summed E-state index contributed by atoms with van der Waals surface area (Å²) in [7, 11) is 0. The van der Waals surface area contributed by atoms with Crippen LogP contribution in [0.1, 0.15) is 42.4 Å². The molecule has 3 aromatic rings. The summed E-state index contributed by atoms with van der Waals surface area (Å²) >= 11 is 0. The molecule has 6 heteroatoms. The first-order chi connectivity index (χ1) is 16.0. The van der Waals surface area contributed by atoms with Crippen LogP contribution in [0.25, 0.3) is 11.3 Å². The van der Waals surface area contributed by atoms with E-state index in [1.807, 2.05) is 50.2 Å². The Morgan fingerprint density at radius 2 is 1.67 bits per heavy atom. The van der Waals surface area contributed by atoms with E-state index < -0.39 is 0 Å². The topological polar surface area (TPSA) is 67.3 Å². The van der Waals surface area contributed by atoms with E-state index in [-0.39, 0.29) is 12.5 Å². The predicted octanol–water partition coefficient (Wildman–Crippen LogP) is 5.47. The van der Waals surface area contributed by atoms with E-state index in [1.165, 1.54) is 31.2 Å². The Bertz CT molecular complexity index is 1080. The highest BCUT2D eigenvalue weighted by Crippen LogP contribution is 2.25. The van der Waals surface area contributed by atoms with Gasteiger partial charge >= 0.3 is 0 Å². The number of rotatable bonds is 6. The average molecular weight is 445 g/mol. The second-order valence-corrected chi connectivity index (χ2v) is 8.82. The van der Waals surface area contributed by atoms with Gasteiger partial charge in [-0.05, 0) is 69.0 Å². The van der Waals surface area contributed by atoms with Crippen LogP contribution in [0.15, 0.2) is 48.5 Å². The molecule has 1 aromatic heterocycles. The summed E-state index contributed by atoms with van der Waals surface area (Å²) in [6.45, 7) is 8.08. The molecule has 172 valence electrons. The minimum absolute atomic E-state index is 0.0424. The highest BCUT2D eigenvalue weighted by molar-refractivity contribution is 5.92. The second kappa shape index (κ2) is 10.5. The molecule has 1 aliphatic heterocycles. The van der Waals surface area contributed by atoms with Crippen LogP contribution in [0.3, 0.4) is 0 Å². The van der Waals surface area contributed by atoms with Crippen molar-refractivity contribution in [1.82, 2.24) is 10.2 Å². The van der Waals surface area contributed by atoms with Gasteiger partial charge in [0.05, 0.1) is 5.69 Å². The van der Waals surface area contributed by atoms with Crippen LogP contribution >= 0.6 is 0 Å². The summed E-state index contributed by atoms with van der Waals surface area (Å²) < 4.78 is 5.81. The van der Waals surface area contributed by atoms with Crippen LogP contribution in [0.4, 0.5) is 11.5 Å². The van der Waals surface area contributed by atoms with Gasteiger partial charge in [0.1, 0.15) is 5.75 Å². The molecule has 1 saturated heterocycles. The molecule has 2 heterocycles. The van der Waals surface area contributed by atoms with Gasteiger partial charge in [0, 0.05) is 24.3 Å². The van der Waals surface area contributed by atoms with E-state index in [0.717, 1.165) is 47.0 Å². The van der Waals surface area contributed by atoms with Gasteiger partial charge < -0.3 is 15.0 Å². The smallest absolute Gasteiger partial charge is 0.262 e. The van der Waals surface area contributed by atoms with E-state index in [0.29, 0.717) is 5.69 Å². The number of nitrogens with one attached hydrogen (secondary N) is 1. The maximum Gasteiger partial charge on any atom is 0.262 e. The number of aromatic nitrogens is 2. The minimum Gasteiger partial charge on any atom is -0.483 e. The van der Waals surface area contributed by atoms with Crippen LogP contribution in [0.5, 0.6) is 5.75 Å². The Morgan fingerprint density at radius 3 is 2.33 bits per heavy atom. The van der Waals surface area contributed by atoms with Crippen molar-refractivity contribution < 1.29 is 9.53 Å². The second-order valence-electron chi connectivity index (χ2n) is 8.82. The van der Waals surface area contributed by atoms with Crippen molar-refractivity contribution in [2.45, 2.75) is 46.5 Å². The largest absolute Gasteiger partial charge is 0.483 e. The lowest BCUT2D eigenvalue weighted by molar-refractivity contribution is -0.118. The molecule has 1 amide bonds. The molecule has 1 N–H and O–H groups in total. The number of nitrogens with zero attached hydrogens (tertiary/aromatic N) is 3. The van der Waals surface area contributed by atoms with Crippen molar-refractivity contribution in [3.8, 4) is 17.0 Å². The number of carbonyl (C=O) groups is 1. The van der Waals surface area contributed by atoms with Gasteiger partial charge in [-0.15, -0.1) is 10.2 Å². The average Bonchev–Trinajstić information content (AvgIpc) is 3.08. The Labute approximate surface area is 196 Å². The molecule has 4 rings (SSSR count). The van der Waals surface area contributed by atoms with Gasteiger partial charge in [-0.2, -0.15) is 0 Å². The molecule has 0 spiro atoms. The predicted molar refractivity (Wildman–Crippen MR) is 133 cm³/mol. The van der Waals surface area contributed by atoms with Crippen molar-refractivity contribution in [3.63, 3.8) is 0 Å². The molecule has 1 aliphatic rings. The van der Waals surface area contributed by atoms with Crippen LogP contribution in [0, 0.1) is 20.8 Å². The molecule has 0 saturated carbocycles. The first-order valence-corrected chi connectivity index (χ1v) is 11.7. The van der Waals surface area contributed by atoms with Gasteiger partial charge in [-0.25, -0.2) is 0 Å². The molecule has 33 heavy (non-hydrogen) atoms. The molecular formula is C27H32N4O2. The molecule has 2 aromatic carbocycles. The van der Waals surface area contributed by atoms with Crippen molar-refractivity contribution >= 4 is 17.4 Å². The Kier molecular flexibility index (Phi) is 7.23. The quantitative estimate of drug-likeness (QED) is 0.546. The van der Waals surface area contributed by atoms with Crippen LogP contribution in [-0.2, 0) is 4.79 Å². The molecule has 0 unspecified atom stereocenters. The number of aryl methyl sites for hydroxylation is 3. The number of amides is 1. The van der Waals surface area contributed by atoms with Crippen LogP contribution in [-0.4, -0.2) is 35.8 Å². The van der Waals surface area contributed by atoms with Crippen LogP contribution in [0.2, 0.25) is 0 Å². The first-order valence-electron chi connectivity index (χ1n) is 11.7. The number of hydrogen-bond donors (Lipinski definition) is 1. The molecule has 0 radical (unpaired) electrons. The third kappa shape index (κ3) is 5.89. The Morgan fingerprint density at radius 1 is 0.939 bits per heavy atom. The highest BCUT2D eigenvalue weighted by Gasteiger charge is 2.13. The summed E-state index contributed by atoms with van der Waals surface area (Å²) in [6, 6.07) is 15.8. The lowest BCUT2D eigenvalue weighted by Gasteiger charge is -2.20. The lowest BCUT2D eigenvalue weighted by atomic mass is 10.1. The van der Waals surface area contributed by atoms with Gasteiger partial charge in [-0.1, -0.05) is 42.7 Å². The molecule has 6 nitrogen and oxygen atoms in total. The van der Waals surface area contributed by atoms with E-state index >= 15 is 0 Å². The molecule has 0 bridgehead atoms. The number of benzene rings is 2. The molecular weight excluding hydrogens is 412 g/mol. The SMILES string of the molecule is Cc1cc(C)c(OCC(=O)Nc2cccc(-c3ccc(N4CCCCCC4)nn3)c2)c(C)c1. The zero-order chi connectivity index (χ0) is 23.2. The zero-order valence-electron chi connectivity index (χ0n) is 19.7. The third-order valence-electron chi connectivity index (χ3n) is 5.97. The standard InChI is InChI=1S/C27H32N4O2/c1-19-15-20(2)27(21(3)16-19)33-18-26(32)28-23-10-8-9-22(17-23)24-11-12-25(30-29-24)31-13-6-4-5-7-14-31/h8-12,15-17H,4-7,13-14,18H2,1-3H3,(H,28,32).